The fourth-order valence-corrected chi connectivity index (χ4v) is 2.93. The first-order valence-electron chi connectivity index (χ1n) is 7.53. The van der Waals surface area contributed by atoms with Gasteiger partial charge in [0.15, 0.2) is 0 Å². The highest BCUT2D eigenvalue weighted by Gasteiger charge is 2.39. The van der Waals surface area contributed by atoms with E-state index in [0.717, 1.165) is 18.5 Å². The van der Waals surface area contributed by atoms with E-state index in [1.807, 2.05) is 33.2 Å². The molecule has 1 amide bonds. The maximum Gasteiger partial charge on any atom is 0.233 e. The van der Waals surface area contributed by atoms with E-state index >= 15 is 0 Å². The van der Waals surface area contributed by atoms with Gasteiger partial charge in [0.25, 0.3) is 0 Å². The maximum atomic E-state index is 12.6. The molecule has 1 aromatic heterocycles. The molecule has 6 heteroatoms. The first kappa shape index (κ1) is 17.6. The van der Waals surface area contributed by atoms with Crippen LogP contribution in [0.4, 0.5) is 0 Å². The van der Waals surface area contributed by atoms with Gasteiger partial charge in [-0.15, -0.1) is 0 Å². The third-order valence-electron chi connectivity index (χ3n) is 3.70. The third kappa shape index (κ3) is 4.52. The average Bonchev–Trinajstić information content (AvgIpc) is 2.83. The smallest absolute Gasteiger partial charge is 0.233 e. The first-order valence-corrected chi connectivity index (χ1v) is 7.93. The zero-order valence-electron chi connectivity index (χ0n) is 13.2. The van der Waals surface area contributed by atoms with Crippen molar-refractivity contribution in [2.45, 2.75) is 46.0 Å². The summed E-state index contributed by atoms with van der Waals surface area (Å²) >= 11 is 5.18. The maximum absolute atomic E-state index is 12.6. The summed E-state index contributed by atoms with van der Waals surface area (Å²) in [6.45, 7) is 4.64. The number of carbonyl (C=O) groups is 1. The number of hydrogen-bond donors (Lipinski definition) is 2. The highest BCUT2D eigenvalue weighted by Crippen LogP contribution is 2.30. The molecular weight excluding hydrogens is 284 g/mol. The van der Waals surface area contributed by atoms with E-state index in [9.17, 15) is 4.79 Å². The number of carbonyl (C=O) groups excluding carboxylic acids is 1. The Morgan fingerprint density at radius 3 is 2.48 bits per heavy atom. The van der Waals surface area contributed by atoms with Gasteiger partial charge in [-0.1, -0.05) is 38.9 Å². The van der Waals surface area contributed by atoms with Gasteiger partial charge < -0.3 is 11.1 Å². The molecule has 21 heavy (non-hydrogen) atoms. The monoisotopic (exact) mass is 310 g/mol. The number of nitrogens with zero attached hydrogens (tertiary/aromatic N) is 2. The van der Waals surface area contributed by atoms with Crippen LogP contribution in [0.15, 0.2) is 12.3 Å². The molecule has 3 N–H and O–H groups in total. The molecule has 118 valence electrons. The first-order chi connectivity index (χ1) is 9.96. The number of nitrogens with one attached hydrogen (secondary N) is 1. The quantitative estimate of drug-likeness (QED) is 0.684. The second-order valence-corrected chi connectivity index (χ2v) is 5.87. The highest BCUT2D eigenvalue weighted by atomic mass is 32.1. The van der Waals surface area contributed by atoms with E-state index in [4.69, 9.17) is 18.0 Å². The topological polar surface area (TPSA) is 72.9 Å². The summed E-state index contributed by atoms with van der Waals surface area (Å²) in [6.07, 6.45) is 5.76. The molecule has 1 aromatic rings. The standard InChI is InChI=1S/C15H26N4OS/c1-4-8-15(9-5-2,13(16)21)14(20)17-10-6-12-7-11-19(3)18-12/h7,11H,4-6,8-10H2,1-3H3,(H2,16,21)(H,17,20). The lowest BCUT2D eigenvalue weighted by atomic mass is 9.78. The van der Waals surface area contributed by atoms with E-state index in [1.54, 1.807) is 4.68 Å². The lowest BCUT2D eigenvalue weighted by molar-refractivity contribution is -0.128. The van der Waals surface area contributed by atoms with E-state index in [1.165, 1.54) is 0 Å². The number of hydrogen-bond acceptors (Lipinski definition) is 3. The number of amides is 1. The Morgan fingerprint density at radius 2 is 2.05 bits per heavy atom. The number of aryl methyl sites for hydroxylation is 1. The van der Waals surface area contributed by atoms with Crippen LogP contribution in [0, 0.1) is 5.41 Å². The molecule has 0 aliphatic carbocycles. The zero-order chi connectivity index (χ0) is 15.9. The van der Waals surface area contributed by atoms with Gasteiger partial charge in [0.1, 0.15) is 0 Å². The van der Waals surface area contributed by atoms with Crippen molar-refractivity contribution in [3.05, 3.63) is 18.0 Å². The van der Waals surface area contributed by atoms with Crippen molar-refractivity contribution in [3.63, 3.8) is 0 Å². The number of nitrogens with two attached hydrogens (primary N) is 1. The van der Waals surface area contributed by atoms with Gasteiger partial charge in [-0.3, -0.25) is 9.48 Å². The van der Waals surface area contributed by atoms with Gasteiger partial charge in [0.2, 0.25) is 5.91 Å². The number of aromatic nitrogens is 2. The molecule has 0 unspecified atom stereocenters. The number of rotatable bonds is 9. The Kier molecular flexibility index (Phi) is 6.81. The van der Waals surface area contributed by atoms with Gasteiger partial charge in [-0.05, 0) is 18.9 Å². The molecular formula is C15H26N4OS. The molecule has 0 aliphatic rings. The molecule has 0 saturated heterocycles. The summed E-state index contributed by atoms with van der Waals surface area (Å²) in [7, 11) is 1.88. The minimum Gasteiger partial charge on any atom is -0.392 e. The summed E-state index contributed by atoms with van der Waals surface area (Å²) in [5.41, 5.74) is 6.14. The highest BCUT2D eigenvalue weighted by molar-refractivity contribution is 7.80. The largest absolute Gasteiger partial charge is 0.392 e. The molecule has 0 fully saturated rings. The van der Waals surface area contributed by atoms with Crippen LogP contribution >= 0.6 is 12.2 Å². The van der Waals surface area contributed by atoms with Crippen molar-refractivity contribution in [1.82, 2.24) is 15.1 Å². The normalized spacial score (nSPS) is 11.4. The van der Waals surface area contributed by atoms with Crippen molar-refractivity contribution in [1.29, 1.82) is 0 Å². The van der Waals surface area contributed by atoms with Crippen molar-refractivity contribution in [3.8, 4) is 0 Å². The summed E-state index contributed by atoms with van der Waals surface area (Å²) in [5, 5.41) is 7.27. The predicted octanol–water partition coefficient (Wildman–Crippen LogP) is 1.95. The average molecular weight is 310 g/mol. The second-order valence-electron chi connectivity index (χ2n) is 5.43. The van der Waals surface area contributed by atoms with Crippen LogP contribution in [0.25, 0.3) is 0 Å². The lowest BCUT2D eigenvalue weighted by Gasteiger charge is -2.31. The van der Waals surface area contributed by atoms with Crippen LogP contribution in [0.2, 0.25) is 0 Å². The van der Waals surface area contributed by atoms with E-state index < -0.39 is 5.41 Å². The van der Waals surface area contributed by atoms with Gasteiger partial charge in [-0.2, -0.15) is 5.10 Å². The Hall–Kier alpha value is -1.43. The van der Waals surface area contributed by atoms with Crippen LogP contribution in [-0.4, -0.2) is 27.2 Å². The fraction of sp³-hybridized carbons (Fsp3) is 0.667. The van der Waals surface area contributed by atoms with Crippen LogP contribution in [0.5, 0.6) is 0 Å². The summed E-state index contributed by atoms with van der Waals surface area (Å²) in [6, 6.07) is 1.95. The Balaban J connectivity index is 2.65. The molecule has 0 spiro atoms. The SMILES string of the molecule is CCCC(CCC)(C(=O)NCCc1ccn(C)n1)C(N)=S. The lowest BCUT2D eigenvalue weighted by Crippen LogP contribution is -2.49. The van der Waals surface area contributed by atoms with E-state index in [-0.39, 0.29) is 5.91 Å². The Morgan fingerprint density at radius 1 is 1.43 bits per heavy atom. The van der Waals surface area contributed by atoms with Gasteiger partial charge in [0, 0.05) is 26.2 Å². The Bertz CT molecular complexity index is 478. The van der Waals surface area contributed by atoms with Crippen LogP contribution < -0.4 is 11.1 Å². The number of thiocarbonyl (C=S) groups is 1. The summed E-state index contributed by atoms with van der Waals surface area (Å²) < 4.78 is 1.75. The van der Waals surface area contributed by atoms with E-state index in [2.05, 4.69) is 10.4 Å². The van der Waals surface area contributed by atoms with Crippen molar-refractivity contribution in [2.75, 3.05) is 6.54 Å². The molecule has 0 bridgehead atoms. The molecule has 1 heterocycles. The van der Waals surface area contributed by atoms with Gasteiger partial charge in [0.05, 0.1) is 16.1 Å². The minimum atomic E-state index is -0.705. The second kappa shape index (κ2) is 8.12. The van der Waals surface area contributed by atoms with Crippen molar-refractivity contribution < 1.29 is 4.79 Å². The molecule has 0 aromatic carbocycles. The molecule has 0 atom stereocenters. The van der Waals surface area contributed by atoms with Gasteiger partial charge >= 0.3 is 0 Å². The van der Waals surface area contributed by atoms with Crippen molar-refractivity contribution in [2.24, 2.45) is 18.2 Å². The van der Waals surface area contributed by atoms with Gasteiger partial charge in [-0.25, -0.2) is 0 Å². The molecule has 0 saturated carbocycles. The molecule has 0 radical (unpaired) electrons. The summed E-state index contributed by atoms with van der Waals surface area (Å²) in [5.74, 6) is -0.0466. The van der Waals surface area contributed by atoms with E-state index in [0.29, 0.717) is 30.8 Å². The molecule has 0 aliphatic heterocycles. The molecule has 5 nitrogen and oxygen atoms in total. The van der Waals surface area contributed by atoms with Crippen LogP contribution in [0.1, 0.15) is 45.2 Å². The Labute approximate surface area is 132 Å². The molecule has 1 rings (SSSR count). The summed E-state index contributed by atoms with van der Waals surface area (Å²) in [4.78, 5) is 12.9. The van der Waals surface area contributed by atoms with Crippen LogP contribution in [-0.2, 0) is 18.3 Å². The van der Waals surface area contributed by atoms with Crippen LogP contribution in [0.3, 0.4) is 0 Å². The third-order valence-corrected chi connectivity index (χ3v) is 4.09. The predicted molar refractivity (Wildman–Crippen MR) is 89.0 cm³/mol. The minimum absolute atomic E-state index is 0.0466. The van der Waals surface area contributed by atoms with Crippen molar-refractivity contribution >= 4 is 23.1 Å². The fourth-order valence-electron chi connectivity index (χ4n) is 2.63. The zero-order valence-corrected chi connectivity index (χ0v) is 14.0.